The number of Topliss-reactive ketones (excluding diaryl/α,β-unsaturated/α-hetero) is 1. The summed E-state index contributed by atoms with van der Waals surface area (Å²) >= 11 is 0. The van der Waals surface area contributed by atoms with Gasteiger partial charge in [-0.05, 0) is 75.0 Å². The fourth-order valence-electron chi connectivity index (χ4n) is 7.44. The standard InChI is InChI=1S/C21H30O3/c1-12(22)21-11-17-15-5-4-13-10-14(23)6-8-19(13,2)16(15)7-9-20(17,3)18(21)24-21/h4,14-18,23H,5-11H2,1-3H3/t14-,15-,16+,17+,18-,19-,20-,21-/m0/s1. The van der Waals surface area contributed by atoms with Crippen molar-refractivity contribution in [3.63, 3.8) is 0 Å². The van der Waals surface area contributed by atoms with Gasteiger partial charge in [-0.2, -0.15) is 0 Å². The summed E-state index contributed by atoms with van der Waals surface area (Å²) in [5.74, 6) is 2.30. The summed E-state index contributed by atoms with van der Waals surface area (Å²) in [6.07, 6.45) is 10.0. The topological polar surface area (TPSA) is 49.8 Å². The lowest BCUT2D eigenvalue weighted by atomic mass is 9.48. The molecule has 5 rings (SSSR count). The van der Waals surface area contributed by atoms with Crippen LogP contribution in [0.15, 0.2) is 11.6 Å². The summed E-state index contributed by atoms with van der Waals surface area (Å²) in [5.41, 5.74) is 1.57. The van der Waals surface area contributed by atoms with Crippen LogP contribution in [0.25, 0.3) is 0 Å². The average molecular weight is 330 g/mol. The Balaban J connectivity index is 1.50. The van der Waals surface area contributed by atoms with E-state index in [2.05, 4.69) is 19.9 Å². The highest BCUT2D eigenvalue weighted by molar-refractivity contribution is 5.89. The third-order valence-corrected chi connectivity index (χ3v) is 8.93. The molecule has 4 aliphatic carbocycles. The van der Waals surface area contributed by atoms with E-state index < -0.39 is 5.60 Å². The number of hydrogen-bond donors (Lipinski definition) is 1. The van der Waals surface area contributed by atoms with Crippen LogP contribution in [0.5, 0.6) is 0 Å². The summed E-state index contributed by atoms with van der Waals surface area (Å²) in [5, 5.41) is 10.1. The van der Waals surface area contributed by atoms with Crippen LogP contribution in [0.2, 0.25) is 0 Å². The van der Waals surface area contributed by atoms with Crippen LogP contribution in [0.3, 0.4) is 0 Å². The van der Waals surface area contributed by atoms with Crippen molar-refractivity contribution in [1.82, 2.24) is 0 Å². The molecule has 0 aromatic carbocycles. The molecule has 3 nitrogen and oxygen atoms in total. The van der Waals surface area contributed by atoms with Gasteiger partial charge in [0.1, 0.15) is 6.10 Å². The molecule has 0 aromatic rings. The highest BCUT2D eigenvalue weighted by Gasteiger charge is 2.77. The fourth-order valence-corrected chi connectivity index (χ4v) is 7.44. The van der Waals surface area contributed by atoms with Crippen molar-refractivity contribution >= 4 is 5.78 Å². The summed E-state index contributed by atoms with van der Waals surface area (Å²) in [6, 6.07) is 0. The average Bonchev–Trinajstić information content (AvgIpc) is 3.22. The zero-order valence-electron chi connectivity index (χ0n) is 15.2. The number of aliphatic hydroxyl groups is 1. The normalized spacial score (nSPS) is 58.0. The first-order valence-corrected chi connectivity index (χ1v) is 9.88. The Morgan fingerprint density at radius 3 is 2.79 bits per heavy atom. The van der Waals surface area contributed by atoms with Crippen molar-refractivity contribution in [2.45, 2.75) is 83.5 Å². The molecule has 5 aliphatic rings. The molecule has 0 aromatic heterocycles. The monoisotopic (exact) mass is 330 g/mol. The molecule has 0 amide bonds. The van der Waals surface area contributed by atoms with Crippen LogP contribution in [0, 0.1) is 28.6 Å². The van der Waals surface area contributed by atoms with Gasteiger partial charge in [0, 0.05) is 5.41 Å². The van der Waals surface area contributed by atoms with Crippen LogP contribution in [0.1, 0.15) is 65.7 Å². The van der Waals surface area contributed by atoms with E-state index in [0.717, 1.165) is 38.0 Å². The summed E-state index contributed by atoms with van der Waals surface area (Å²) < 4.78 is 6.00. The van der Waals surface area contributed by atoms with Gasteiger partial charge in [0.25, 0.3) is 0 Å². The SMILES string of the molecule is CC(=O)[C@@]12C[C@@H]3[C@H]4CC=C5C[C@@H](O)CC[C@]5(C)[C@@H]4CC[C@]3(C)[C@@H]1O2. The molecule has 8 atom stereocenters. The molecule has 0 bridgehead atoms. The number of carbonyl (C=O) groups is 1. The van der Waals surface area contributed by atoms with E-state index in [1.807, 2.05) is 0 Å². The second-order valence-corrected chi connectivity index (χ2v) is 9.85. The minimum Gasteiger partial charge on any atom is -0.393 e. The van der Waals surface area contributed by atoms with E-state index in [1.54, 1.807) is 6.92 Å². The van der Waals surface area contributed by atoms with Crippen molar-refractivity contribution < 1.29 is 14.6 Å². The molecule has 3 heteroatoms. The van der Waals surface area contributed by atoms with E-state index in [0.29, 0.717) is 11.8 Å². The van der Waals surface area contributed by atoms with E-state index in [4.69, 9.17) is 4.74 Å². The van der Waals surface area contributed by atoms with Crippen molar-refractivity contribution in [1.29, 1.82) is 0 Å². The van der Waals surface area contributed by atoms with Gasteiger partial charge in [0.05, 0.1) is 6.10 Å². The van der Waals surface area contributed by atoms with E-state index in [1.165, 1.54) is 18.4 Å². The van der Waals surface area contributed by atoms with Gasteiger partial charge in [-0.15, -0.1) is 0 Å². The second kappa shape index (κ2) is 4.54. The first kappa shape index (κ1) is 15.6. The Kier molecular flexibility index (Phi) is 2.94. The maximum Gasteiger partial charge on any atom is 0.164 e. The molecule has 0 spiro atoms. The molecule has 0 unspecified atom stereocenters. The maximum atomic E-state index is 12.2. The van der Waals surface area contributed by atoms with Crippen molar-refractivity contribution in [3.8, 4) is 0 Å². The smallest absolute Gasteiger partial charge is 0.164 e. The lowest BCUT2D eigenvalue weighted by Gasteiger charge is -2.57. The predicted octanol–water partition coefficient (Wildman–Crippen LogP) is 3.65. The van der Waals surface area contributed by atoms with Crippen molar-refractivity contribution in [2.75, 3.05) is 0 Å². The molecule has 1 heterocycles. The fraction of sp³-hybridized carbons (Fsp3) is 0.857. The molecule has 3 saturated carbocycles. The number of rotatable bonds is 1. The molecule has 1 aliphatic heterocycles. The Hall–Kier alpha value is -0.670. The predicted molar refractivity (Wildman–Crippen MR) is 91.4 cm³/mol. The number of fused-ring (bicyclic) bond motifs is 7. The molecular weight excluding hydrogens is 300 g/mol. The Labute approximate surface area is 144 Å². The number of carbonyl (C=O) groups excluding carboxylic acids is 1. The van der Waals surface area contributed by atoms with Crippen molar-refractivity contribution in [2.24, 2.45) is 28.6 Å². The molecular formula is C21H30O3. The van der Waals surface area contributed by atoms with Gasteiger partial charge in [-0.1, -0.05) is 25.5 Å². The van der Waals surface area contributed by atoms with E-state index in [-0.39, 0.29) is 28.8 Å². The lowest BCUT2D eigenvalue weighted by molar-refractivity contribution is -0.123. The van der Waals surface area contributed by atoms with Crippen LogP contribution < -0.4 is 0 Å². The Morgan fingerprint density at radius 2 is 2.04 bits per heavy atom. The molecule has 132 valence electrons. The molecule has 1 saturated heterocycles. The van der Waals surface area contributed by atoms with Crippen LogP contribution in [-0.2, 0) is 9.53 Å². The molecule has 24 heavy (non-hydrogen) atoms. The van der Waals surface area contributed by atoms with E-state index in [9.17, 15) is 9.90 Å². The van der Waals surface area contributed by atoms with Gasteiger partial charge in [0.15, 0.2) is 11.4 Å². The van der Waals surface area contributed by atoms with Gasteiger partial charge >= 0.3 is 0 Å². The second-order valence-electron chi connectivity index (χ2n) is 9.85. The highest BCUT2D eigenvalue weighted by atomic mass is 16.6. The van der Waals surface area contributed by atoms with Gasteiger partial charge in [-0.25, -0.2) is 0 Å². The first-order valence-electron chi connectivity index (χ1n) is 9.88. The molecule has 4 fully saturated rings. The highest BCUT2D eigenvalue weighted by Crippen LogP contribution is 2.72. The Morgan fingerprint density at radius 1 is 1.25 bits per heavy atom. The largest absolute Gasteiger partial charge is 0.393 e. The number of aliphatic hydroxyl groups excluding tert-OH is 1. The first-order chi connectivity index (χ1) is 11.3. The molecule has 1 N–H and O–H groups in total. The van der Waals surface area contributed by atoms with Gasteiger partial charge in [0.2, 0.25) is 0 Å². The van der Waals surface area contributed by atoms with Crippen molar-refractivity contribution in [3.05, 3.63) is 11.6 Å². The minimum absolute atomic E-state index is 0.136. The lowest BCUT2D eigenvalue weighted by Crippen LogP contribution is -2.50. The quantitative estimate of drug-likeness (QED) is 0.590. The van der Waals surface area contributed by atoms with Crippen LogP contribution >= 0.6 is 0 Å². The number of ether oxygens (including phenoxy) is 1. The number of allylic oxidation sites excluding steroid dienone is 1. The summed E-state index contributed by atoms with van der Waals surface area (Å²) in [7, 11) is 0. The van der Waals surface area contributed by atoms with Gasteiger partial charge in [-0.3, -0.25) is 4.79 Å². The van der Waals surface area contributed by atoms with Crippen LogP contribution in [0.4, 0.5) is 0 Å². The molecule has 0 radical (unpaired) electrons. The Bertz CT molecular complexity index is 639. The third kappa shape index (κ3) is 1.69. The zero-order chi connectivity index (χ0) is 16.9. The zero-order valence-corrected chi connectivity index (χ0v) is 15.2. The van der Waals surface area contributed by atoms with Gasteiger partial charge < -0.3 is 9.84 Å². The summed E-state index contributed by atoms with van der Waals surface area (Å²) in [4.78, 5) is 12.2. The van der Waals surface area contributed by atoms with E-state index >= 15 is 0 Å². The number of hydrogen-bond acceptors (Lipinski definition) is 3. The van der Waals surface area contributed by atoms with Crippen LogP contribution in [-0.4, -0.2) is 28.7 Å². The number of epoxide rings is 1. The summed E-state index contributed by atoms with van der Waals surface area (Å²) in [6.45, 7) is 6.57. The maximum absolute atomic E-state index is 12.2. The number of ketones is 1. The third-order valence-electron chi connectivity index (χ3n) is 8.93. The minimum atomic E-state index is -0.429.